The van der Waals surface area contributed by atoms with Gasteiger partial charge < -0.3 is 9.84 Å². The third-order valence-corrected chi connectivity index (χ3v) is 5.48. The number of rotatable bonds is 2. The first-order valence-electron chi connectivity index (χ1n) is 7.78. The van der Waals surface area contributed by atoms with Crippen molar-refractivity contribution >= 4 is 5.97 Å². The molecule has 1 aliphatic carbocycles. The van der Waals surface area contributed by atoms with Gasteiger partial charge in [0.1, 0.15) is 0 Å². The number of hydrogen-bond acceptors (Lipinski definition) is 4. The van der Waals surface area contributed by atoms with E-state index in [0.29, 0.717) is 6.61 Å². The van der Waals surface area contributed by atoms with E-state index in [2.05, 4.69) is 4.90 Å². The van der Waals surface area contributed by atoms with Crippen LogP contribution >= 0.6 is 0 Å². The lowest BCUT2D eigenvalue weighted by Crippen LogP contribution is -2.65. The summed E-state index contributed by atoms with van der Waals surface area (Å²) in [6.07, 6.45) is 5.56. The Morgan fingerprint density at radius 2 is 2.11 bits per heavy atom. The molecule has 3 rings (SSSR count). The normalized spacial score (nSPS) is 42.5. The van der Waals surface area contributed by atoms with E-state index < -0.39 is 0 Å². The van der Waals surface area contributed by atoms with Crippen LogP contribution in [0.1, 0.15) is 45.4 Å². The summed E-state index contributed by atoms with van der Waals surface area (Å²) in [5.74, 6) is 0.260. The van der Waals surface area contributed by atoms with Gasteiger partial charge in [-0.15, -0.1) is 0 Å². The van der Waals surface area contributed by atoms with E-state index in [0.717, 1.165) is 51.6 Å². The largest absolute Gasteiger partial charge is 0.466 e. The minimum Gasteiger partial charge on any atom is -0.466 e. The number of ether oxygens (including phenoxy) is 1. The third kappa shape index (κ3) is 2.00. The summed E-state index contributed by atoms with van der Waals surface area (Å²) in [5.41, 5.74) is -0.335. The Morgan fingerprint density at radius 3 is 2.89 bits per heavy atom. The van der Waals surface area contributed by atoms with Crippen LogP contribution in [0.3, 0.4) is 0 Å². The fourth-order valence-corrected chi connectivity index (χ4v) is 4.75. The number of hydrogen-bond donors (Lipinski definition) is 1. The molecular weight excluding hydrogens is 242 g/mol. The van der Waals surface area contributed by atoms with Crippen molar-refractivity contribution in [3.05, 3.63) is 0 Å². The molecule has 0 aromatic heterocycles. The van der Waals surface area contributed by atoms with E-state index in [1.807, 2.05) is 6.92 Å². The molecule has 2 saturated heterocycles. The monoisotopic (exact) mass is 267 g/mol. The van der Waals surface area contributed by atoms with Crippen LogP contribution in [0.5, 0.6) is 0 Å². The smallest absolute Gasteiger partial charge is 0.313 e. The number of carbonyl (C=O) groups is 1. The number of piperidine rings is 2. The molecule has 2 aliphatic heterocycles. The van der Waals surface area contributed by atoms with Gasteiger partial charge in [-0.1, -0.05) is 0 Å². The molecule has 4 atom stereocenters. The second-order valence-corrected chi connectivity index (χ2v) is 6.37. The number of carbonyl (C=O) groups excluding carboxylic acids is 1. The average molecular weight is 267 g/mol. The molecule has 1 N–H and O–H groups in total. The molecule has 0 spiro atoms. The topological polar surface area (TPSA) is 49.8 Å². The minimum absolute atomic E-state index is 0.0106. The predicted octanol–water partition coefficient (Wildman–Crippen LogP) is 1.56. The Hall–Kier alpha value is -0.610. The van der Waals surface area contributed by atoms with E-state index in [9.17, 15) is 9.90 Å². The highest BCUT2D eigenvalue weighted by molar-refractivity contribution is 5.78. The summed E-state index contributed by atoms with van der Waals surface area (Å²) >= 11 is 0. The van der Waals surface area contributed by atoms with E-state index in [-0.39, 0.29) is 29.4 Å². The Labute approximate surface area is 115 Å². The highest BCUT2D eigenvalue weighted by Gasteiger charge is 2.58. The van der Waals surface area contributed by atoms with Gasteiger partial charge in [0.15, 0.2) is 0 Å². The van der Waals surface area contributed by atoms with Crippen LogP contribution in [-0.4, -0.2) is 47.8 Å². The van der Waals surface area contributed by atoms with Crippen molar-refractivity contribution in [1.82, 2.24) is 4.90 Å². The number of aliphatic hydroxyl groups excluding tert-OH is 1. The van der Waals surface area contributed by atoms with Gasteiger partial charge in [0.2, 0.25) is 0 Å². The minimum atomic E-state index is -0.335. The molecule has 0 aromatic rings. The number of nitrogens with zero attached hydrogens (tertiary/aromatic N) is 1. The standard InChI is InChI=1S/C15H25NO3/c1-2-19-14(18)15-7-4-10-16-9-3-5-11(13(15)16)12(17)6-8-15/h11-13,17H,2-10H2,1H3/t11-,12+,13-,15-/m1/s1. The highest BCUT2D eigenvalue weighted by Crippen LogP contribution is 2.51. The van der Waals surface area contributed by atoms with Crippen molar-refractivity contribution in [1.29, 1.82) is 0 Å². The van der Waals surface area contributed by atoms with Gasteiger partial charge >= 0.3 is 5.97 Å². The molecule has 4 nitrogen and oxygen atoms in total. The van der Waals surface area contributed by atoms with Crippen LogP contribution in [0.25, 0.3) is 0 Å². The molecule has 4 heteroatoms. The molecule has 0 radical (unpaired) electrons. The average Bonchev–Trinajstić information content (AvgIpc) is 2.43. The second-order valence-electron chi connectivity index (χ2n) is 6.37. The van der Waals surface area contributed by atoms with Crippen molar-refractivity contribution in [2.45, 2.75) is 57.6 Å². The number of aliphatic hydroxyl groups is 1. The molecule has 0 amide bonds. The van der Waals surface area contributed by atoms with Crippen LogP contribution in [0.4, 0.5) is 0 Å². The molecule has 0 aromatic carbocycles. The summed E-state index contributed by atoms with van der Waals surface area (Å²) in [7, 11) is 0. The lowest BCUT2D eigenvalue weighted by Gasteiger charge is -2.57. The molecule has 19 heavy (non-hydrogen) atoms. The lowest BCUT2D eigenvalue weighted by molar-refractivity contribution is -0.181. The van der Waals surface area contributed by atoms with Crippen LogP contribution in [0.15, 0.2) is 0 Å². The maximum absolute atomic E-state index is 12.6. The van der Waals surface area contributed by atoms with Crippen LogP contribution in [0, 0.1) is 11.3 Å². The Kier molecular flexibility index (Phi) is 3.56. The quantitative estimate of drug-likeness (QED) is 0.772. The van der Waals surface area contributed by atoms with Crippen molar-refractivity contribution < 1.29 is 14.6 Å². The first kappa shape index (κ1) is 13.4. The molecule has 0 bridgehead atoms. The Balaban J connectivity index is 1.94. The van der Waals surface area contributed by atoms with Crippen molar-refractivity contribution in [3.8, 4) is 0 Å². The van der Waals surface area contributed by atoms with Crippen LogP contribution in [0.2, 0.25) is 0 Å². The molecule has 2 heterocycles. The van der Waals surface area contributed by atoms with Gasteiger partial charge in [-0.05, 0) is 58.5 Å². The summed E-state index contributed by atoms with van der Waals surface area (Å²) in [6.45, 7) is 4.50. The van der Waals surface area contributed by atoms with Gasteiger partial charge in [-0.2, -0.15) is 0 Å². The first-order valence-corrected chi connectivity index (χ1v) is 7.78. The van der Waals surface area contributed by atoms with Crippen LogP contribution in [-0.2, 0) is 9.53 Å². The number of esters is 1. The summed E-state index contributed by atoms with van der Waals surface area (Å²) in [4.78, 5) is 15.0. The molecule has 0 unspecified atom stereocenters. The fourth-order valence-electron chi connectivity index (χ4n) is 4.75. The summed E-state index contributed by atoms with van der Waals surface area (Å²) in [6, 6.07) is 0.220. The van der Waals surface area contributed by atoms with E-state index >= 15 is 0 Å². The third-order valence-electron chi connectivity index (χ3n) is 5.48. The molecule has 3 fully saturated rings. The molecule has 108 valence electrons. The first-order chi connectivity index (χ1) is 9.19. The van der Waals surface area contributed by atoms with Gasteiger partial charge in [-0.3, -0.25) is 9.69 Å². The predicted molar refractivity (Wildman–Crippen MR) is 71.6 cm³/mol. The molecular formula is C15H25NO3. The Bertz CT molecular complexity index is 357. The molecule has 3 aliphatic rings. The van der Waals surface area contributed by atoms with Crippen LogP contribution < -0.4 is 0 Å². The highest BCUT2D eigenvalue weighted by atomic mass is 16.5. The van der Waals surface area contributed by atoms with E-state index in [4.69, 9.17) is 4.74 Å². The Morgan fingerprint density at radius 1 is 1.32 bits per heavy atom. The van der Waals surface area contributed by atoms with E-state index in [1.54, 1.807) is 0 Å². The lowest BCUT2D eigenvalue weighted by atomic mass is 9.58. The zero-order valence-corrected chi connectivity index (χ0v) is 11.8. The SMILES string of the molecule is CCOC(=O)[C@]12CCCN3CCC[C@H]([C@@H](O)CC1)[C@@H]32. The van der Waals surface area contributed by atoms with Crippen molar-refractivity contribution in [3.63, 3.8) is 0 Å². The van der Waals surface area contributed by atoms with Crippen molar-refractivity contribution in [2.24, 2.45) is 11.3 Å². The summed E-state index contributed by atoms with van der Waals surface area (Å²) in [5, 5.41) is 10.3. The zero-order valence-electron chi connectivity index (χ0n) is 11.8. The second kappa shape index (κ2) is 5.06. The molecule has 1 saturated carbocycles. The maximum atomic E-state index is 12.6. The fraction of sp³-hybridized carbons (Fsp3) is 0.933. The van der Waals surface area contributed by atoms with E-state index in [1.165, 1.54) is 0 Å². The van der Waals surface area contributed by atoms with Gasteiger partial charge in [-0.25, -0.2) is 0 Å². The van der Waals surface area contributed by atoms with Crippen molar-refractivity contribution in [2.75, 3.05) is 19.7 Å². The zero-order chi connectivity index (χ0) is 13.5. The van der Waals surface area contributed by atoms with Gasteiger partial charge in [0.25, 0.3) is 0 Å². The maximum Gasteiger partial charge on any atom is 0.313 e. The van der Waals surface area contributed by atoms with Gasteiger partial charge in [0.05, 0.1) is 18.1 Å². The van der Waals surface area contributed by atoms with Gasteiger partial charge in [0, 0.05) is 12.0 Å². The summed E-state index contributed by atoms with van der Waals surface area (Å²) < 4.78 is 5.39.